The fourth-order valence-corrected chi connectivity index (χ4v) is 2.71. The van der Waals surface area contributed by atoms with Gasteiger partial charge >= 0.3 is 0 Å². The van der Waals surface area contributed by atoms with Crippen LogP contribution in [0, 0.1) is 6.92 Å². The quantitative estimate of drug-likeness (QED) is 0.935. The molecule has 24 heavy (non-hydrogen) atoms. The van der Waals surface area contributed by atoms with Gasteiger partial charge in [0, 0.05) is 25.0 Å². The highest BCUT2D eigenvalue weighted by Crippen LogP contribution is 2.21. The minimum Gasteiger partial charge on any atom is -0.341 e. The fraction of sp³-hybridized carbons (Fsp3) is 0.444. The molecule has 1 amide bonds. The number of rotatable bonds is 4. The zero-order valence-corrected chi connectivity index (χ0v) is 14.4. The largest absolute Gasteiger partial charge is 0.341 e. The normalized spacial score (nSPS) is 14.2. The second-order valence-electron chi connectivity index (χ2n) is 6.50. The van der Waals surface area contributed by atoms with Gasteiger partial charge in [-0.2, -0.15) is 0 Å². The zero-order valence-electron chi connectivity index (χ0n) is 14.4. The second kappa shape index (κ2) is 6.95. The first-order valence-electron chi connectivity index (χ1n) is 8.41. The molecule has 0 aliphatic carbocycles. The smallest absolute Gasteiger partial charge is 0.275 e. The minimum atomic E-state index is -0.252. The Morgan fingerprint density at radius 2 is 1.96 bits per heavy atom. The van der Waals surface area contributed by atoms with Crippen molar-refractivity contribution < 1.29 is 4.79 Å². The van der Waals surface area contributed by atoms with Gasteiger partial charge in [0.25, 0.3) is 5.91 Å². The maximum Gasteiger partial charge on any atom is 0.275 e. The Hall–Kier alpha value is -2.50. The predicted molar refractivity (Wildman–Crippen MR) is 94.5 cm³/mol. The average Bonchev–Trinajstić information content (AvgIpc) is 3.09. The molecule has 1 aliphatic heterocycles. The minimum absolute atomic E-state index is 0.234. The van der Waals surface area contributed by atoms with Gasteiger partial charge in [-0.1, -0.05) is 13.8 Å². The van der Waals surface area contributed by atoms with Crippen LogP contribution in [0.4, 0.5) is 11.8 Å². The zero-order chi connectivity index (χ0) is 17.1. The van der Waals surface area contributed by atoms with E-state index in [1.165, 1.54) is 0 Å². The van der Waals surface area contributed by atoms with Crippen molar-refractivity contribution in [3.05, 3.63) is 41.3 Å². The molecule has 126 valence electrons. The number of aryl methyl sites for hydroxylation is 1. The molecule has 3 heterocycles. The number of pyridine rings is 1. The van der Waals surface area contributed by atoms with Crippen molar-refractivity contribution >= 4 is 17.7 Å². The standard InChI is InChI=1S/C18H23N5O/c1-12(2)14-11-15(21-18(20-14)23-8-4-5-9-23)17(24)22-16-10-13(3)6-7-19-16/h6-7,10-12H,4-5,8-9H2,1-3H3,(H,19,22,24). The summed E-state index contributed by atoms with van der Waals surface area (Å²) >= 11 is 0. The molecule has 0 spiro atoms. The van der Waals surface area contributed by atoms with Crippen LogP contribution in [0.5, 0.6) is 0 Å². The molecular formula is C18H23N5O. The number of carbonyl (C=O) groups is 1. The first-order chi connectivity index (χ1) is 11.5. The summed E-state index contributed by atoms with van der Waals surface area (Å²) in [5, 5.41) is 2.82. The maximum atomic E-state index is 12.6. The number of anilines is 2. The van der Waals surface area contributed by atoms with Crippen LogP contribution < -0.4 is 10.2 Å². The molecule has 0 bridgehead atoms. The van der Waals surface area contributed by atoms with E-state index < -0.39 is 0 Å². The Bertz CT molecular complexity index is 738. The molecule has 0 aromatic carbocycles. The van der Waals surface area contributed by atoms with E-state index in [0.717, 1.165) is 37.2 Å². The molecule has 0 radical (unpaired) electrons. The highest BCUT2D eigenvalue weighted by atomic mass is 16.1. The van der Waals surface area contributed by atoms with E-state index >= 15 is 0 Å². The van der Waals surface area contributed by atoms with Crippen molar-refractivity contribution in [1.82, 2.24) is 15.0 Å². The van der Waals surface area contributed by atoms with Crippen LogP contribution in [0.25, 0.3) is 0 Å². The highest BCUT2D eigenvalue weighted by Gasteiger charge is 2.20. The first kappa shape index (κ1) is 16.4. The average molecular weight is 325 g/mol. The van der Waals surface area contributed by atoms with Crippen LogP contribution in [0.15, 0.2) is 24.4 Å². The van der Waals surface area contributed by atoms with E-state index in [1.807, 2.05) is 19.1 Å². The third kappa shape index (κ3) is 3.69. The number of hydrogen-bond acceptors (Lipinski definition) is 5. The topological polar surface area (TPSA) is 71.0 Å². The molecule has 6 nitrogen and oxygen atoms in total. The number of hydrogen-bond donors (Lipinski definition) is 1. The summed E-state index contributed by atoms with van der Waals surface area (Å²) in [6.07, 6.45) is 3.97. The lowest BCUT2D eigenvalue weighted by atomic mass is 10.1. The molecule has 0 unspecified atom stereocenters. The van der Waals surface area contributed by atoms with Crippen molar-refractivity contribution in [2.24, 2.45) is 0 Å². The fourth-order valence-electron chi connectivity index (χ4n) is 2.71. The van der Waals surface area contributed by atoms with Gasteiger partial charge in [-0.05, 0) is 49.4 Å². The first-order valence-corrected chi connectivity index (χ1v) is 8.41. The number of carbonyl (C=O) groups excluding carboxylic acids is 1. The summed E-state index contributed by atoms with van der Waals surface area (Å²) in [4.78, 5) is 28.1. The second-order valence-corrected chi connectivity index (χ2v) is 6.50. The molecule has 1 saturated heterocycles. The molecule has 1 N–H and O–H groups in total. The van der Waals surface area contributed by atoms with E-state index in [0.29, 0.717) is 17.5 Å². The Balaban J connectivity index is 1.89. The predicted octanol–water partition coefficient (Wildman–Crippen LogP) is 3.16. The van der Waals surface area contributed by atoms with E-state index in [1.54, 1.807) is 12.3 Å². The van der Waals surface area contributed by atoms with Crippen molar-refractivity contribution in [3.8, 4) is 0 Å². The summed E-state index contributed by atoms with van der Waals surface area (Å²) < 4.78 is 0. The molecule has 6 heteroatoms. The lowest BCUT2D eigenvalue weighted by Gasteiger charge is -2.18. The number of nitrogens with one attached hydrogen (secondary N) is 1. The summed E-state index contributed by atoms with van der Waals surface area (Å²) in [6, 6.07) is 5.50. The third-order valence-corrected chi connectivity index (χ3v) is 4.10. The monoisotopic (exact) mass is 325 g/mol. The van der Waals surface area contributed by atoms with E-state index in [9.17, 15) is 4.79 Å². The molecule has 3 rings (SSSR count). The van der Waals surface area contributed by atoms with Gasteiger partial charge in [0.15, 0.2) is 0 Å². The van der Waals surface area contributed by atoms with Crippen LogP contribution in [0.1, 0.15) is 54.4 Å². The van der Waals surface area contributed by atoms with Gasteiger partial charge < -0.3 is 10.2 Å². The van der Waals surface area contributed by atoms with Gasteiger partial charge in [0.1, 0.15) is 11.5 Å². The van der Waals surface area contributed by atoms with E-state index in [-0.39, 0.29) is 11.8 Å². The van der Waals surface area contributed by atoms with Gasteiger partial charge in [-0.25, -0.2) is 15.0 Å². The maximum absolute atomic E-state index is 12.6. The summed E-state index contributed by atoms with van der Waals surface area (Å²) in [5.74, 6) is 1.17. The summed E-state index contributed by atoms with van der Waals surface area (Å²) in [5.41, 5.74) is 2.32. The van der Waals surface area contributed by atoms with Crippen LogP contribution in [-0.2, 0) is 0 Å². The molecule has 1 fully saturated rings. The summed E-state index contributed by atoms with van der Waals surface area (Å²) in [6.45, 7) is 7.99. The van der Waals surface area contributed by atoms with Crippen LogP contribution >= 0.6 is 0 Å². The lowest BCUT2D eigenvalue weighted by Crippen LogP contribution is -2.24. The van der Waals surface area contributed by atoms with Gasteiger partial charge in [0.05, 0.1) is 0 Å². The van der Waals surface area contributed by atoms with E-state index in [4.69, 9.17) is 0 Å². The molecule has 2 aromatic heterocycles. The SMILES string of the molecule is Cc1ccnc(NC(=O)c2cc(C(C)C)nc(N3CCCC3)n2)c1. The van der Waals surface area contributed by atoms with Gasteiger partial charge in [0.2, 0.25) is 5.95 Å². The Morgan fingerprint density at radius 1 is 1.21 bits per heavy atom. The van der Waals surface area contributed by atoms with Crippen molar-refractivity contribution in [2.45, 2.75) is 39.5 Å². The Morgan fingerprint density at radius 3 is 2.62 bits per heavy atom. The molecular weight excluding hydrogens is 302 g/mol. The van der Waals surface area contributed by atoms with Crippen LogP contribution in [0.2, 0.25) is 0 Å². The molecule has 0 atom stereocenters. The number of amides is 1. The Labute approximate surface area is 142 Å². The molecule has 0 saturated carbocycles. The van der Waals surface area contributed by atoms with Crippen molar-refractivity contribution in [1.29, 1.82) is 0 Å². The summed E-state index contributed by atoms with van der Waals surface area (Å²) in [7, 11) is 0. The van der Waals surface area contributed by atoms with E-state index in [2.05, 4.69) is 39.0 Å². The molecule has 2 aromatic rings. The number of aromatic nitrogens is 3. The van der Waals surface area contributed by atoms with Crippen molar-refractivity contribution in [2.75, 3.05) is 23.3 Å². The van der Waals surface area contributed by atoms with Crippen LogP contribution in [-0.4, -0.2) is 33.9 Å². The number of nitrogens with zero attached hydrogens (tertiary/aromatic N) is 4. The third-order valence-electron chi connectivity index (χ3n) is 4.10. The van der Waals surface area contributed by atoms with Crippen molar-refractivity contribution in [3.63, 3.8) is 0 Å². The van der Waals surface area contributed by atoms with Gasteiger partial charge in [-0.3, -0.25) is 4.79 Å². The lowest BCUT2D eigenvalue weighted by molar-refractivity contribution is 0.102. The van der Waals surface area contributed by atoms with Gasteiger partial charge in [-0.15, -0.1) is 0 Å². The van der Waals surface area contributed by atoms with Crippen LogP contribution in [0.3, 0.4) is 0 Å². The highest BCUT2D eigenvalue weighted by molar-refractivity contribution is 6.02. The molecule has 1 aliphatic rings. The Kier molecular flexibility index (Phi) is 4.74.